The molecule has 0 radical (unpaired) electrons. The van der Waals surface area contributed by atoms with Gasteiger partial charge in [0.25, 0.3) is 0 Å². The summed E-state index contributed by atoms with van der Waals surface area (Å²) in [5, 5.41) is 0. The lowest BCUT2D eigenvalue weighted by atomic mass is 9.72. The molecule has 0 saturated heterocycles. The number of alkyl halides is 3. The van der Waals surface area contributed by atoms with Crippen LogP contribution in [0.5, 0.6) is 5.75 Å². The highest BCUT2D eigenvalue weighted by Gasteiger charge is 2.36. The van der Waals surface area contributed by atoms with Crippen LogP contribution >= 0.6 is 0 Å². The molecule has 1 aromatic carbocycles. The predicted octanol–water partition coefficient (Wildman–Crippen LogP) is 3.38. The molecule has 0 amide bonds. The maximum Gasteiger partial charge on any atom is 0.573 e. The van der Waals surface area contributed by atoms with E-state index >= 15 is 0 Å². The van der Waals surface area contributed by atoms with Gasteiger partial charge in [-0.15, -0.1) is 13.2 Å². The number of rotatable bonds is 1. The Kier molecular flexibility index (Phi) is 2.87. The van der Waals surface area contributed by atoms with Gasteiger partial charge in [0, 0.05) is 11.8 Å². The Balaban J connectivity index is 2.37. The van der Waals surface area contributed by atoms with E-state index in [2.05, 4.69) is 4.74 Å². The van der Waals surface area contributed by atoms with E-state index in [0.717, 1.165) is 11.1 Å². The summed E-state index contributed by atoms with van der Waals surface area (Å²) in [5.41, 5.74) is 0.902. The molecule has 0 aromatic heterocycles. The Labute approximate surface area is 103 Å². The fourth-order valence-corrected chi connectivity index (χ4v) is 2.29. The van der Waals surface area contributed by atoms with Crippen LogP contribution in [0, 0.1) is 0 Å². The highest BCUT2D eigenvalue weighted by atomic mass is 19.4. The Hall–Kier alpha value is -1.52. The quantitative estimate of drug-likeness (QED) is 0.772. The van der Waals surface area contributed by atoms with Gasteiger partial charge in [-0.1, -0.05) is 6.07 Å². The zero-order valence-corrected chi connectivity index (χ0v) is 10.1. The minimum Gasteiger partial charge on any atom is -0.406 e. The van der Waals surface area contributed by atoms with E-state index in [1.165, 1.54) is 12.1 Å². The second-order valence-electron chi connectivity index (χ2n) is 4.91. The Morgan fingerprint density at radius 3 is 2.50 bits per heavy atom. The topological polar surface area (TPSA) is 26.3 Å². The minimum absolute atomic E-state index is 0.111. The van der Waals surface area contributed by atoms with E-state index in [-0.39, 0.29) is 11.5 Å². The van der Waals surface area contributed by atoms with E-state index in [1.807, 2.05) is 0 Å². The van der Waals surface area contributed by atoms with Gasteiger partial charge in [-0.3, -0.25) is 4.79 Å². The molecule has 0 spiro atoms. The molecular formula is C13H13F3O2. The fraction of sp³-hybridized carbons (Fsp3) is 0.462. The maximum atomic E-state index is 12.1. The molecule has 98 valence electrons. The fourth-order valence-electron chi connectivity index (χ4n) is 2.29. The predicted molar refractivity (Wildman–Crippen MR) is 59.5 cm³/mol. The molecule has 1 aliphatic rings. The van der Waals surface area contributed by atoms with Gasteiger partial charge in [0.15, 0.2) is 0 Å². The van der Waals surface area contributed by atoms with Crippen LogP contribution in [0.3, 0.4) is 0 Å². The number of hydrogen-bond donors (Lipinski definition) is 0. The number of fused-ring (bicyclic) bond motifs is 1. The van der Waals surface area contributed by atoms with Crippen molar-refractivity contribution < 1.29 is 22.7 Å². The number of halogens is 3. The summed E-state index contributed by atoms with van der Waals surface area (Å²) >= 11 is 0. The summed E-state index contributed by atoms with van der Waals surface area (Å²) in [4.78, 5) is 11.8. The summed E-state index contributed by atoms with van der Waals surface area (Å²) in [6.07, 6.45) is -3.86. The highest BCUT2D eigenvalue weighted by Crippen LogP contribution is 2.36. The number of Topliss-reactive ketones (excluding diaryl/α,β-unsaturated/α-hetero) is 1. The maximum absolute atomic E-state index is 12.1. The van der Waals surface area contributed by atoms with E-state index < -0.39 is 11.8 Å². The number of hydrogen-bond acceptors (Lipinski definition) is 2. The molecule has 0 heterocycles. The SMILES string of the molecule is CC1(C)C(=O)CCc2cc(OC(F)(F)F)ccc21. The molecule has 0 unspecified atom stereocenters. The van der Waals surface area contributed by atoms with Gasteiger partial charge in [0.05, 0.1) is 0 Å². The third-order valence-electron chi connectivity index (χ3n) is 3.30. The molecule has 1 aliphatic carbocycles. The van der Waals surface area contributed by atoms with Gasteiger partial charge in [-0.2, -0.15) is 0 Å². The monoisotopic (exact) mass is 258 g/mol. The molecule has 0 atom stereocenters. The van der Waals surface area contributed by atoms with E-state index in [0.29, 0.717) is 12.8 Å². The molecule has 0 N–H and O–H groups in total. The Bertz CT molecular complexity index is 489. The molecule has 0 aliphatic heterocycles. The highest BCUT2D eigenvalue weighted by molar-refractivity contribution is 5.91. The van der Waals surface area contributed by atoms with Gasteiger partial charge in [0.2, 0.25) is 0 Å². The van der Waals surface area contributed by atoms with Crippen molar-refractivity contribution >= 4 is 5.78 Å². The first-order valence-corrected chi connectivity index (χ1v) is 5.62. The van der Waals surface area contributed by atoms with Gasteiger partial charge >= 0.3 is 6.36 Å². The Morgan fingerprint density at radius 1 is 1.22 bits per heavy atom. The molecule has 2 nitrogen and oxygen atoms in total. The number of carbonyl (C=O) groups excluding carboxylic acids is 1. The summed E-state index contributed by atoms with van der Waals surface area (Å²) < 4.78 is 40.2. The summed E-state index contributed by atoms with van der Waals surface area (Å²) in [6.45, 7) is 3.58. The van der Waals surface area contributed by atoms with Crippen molar-refractivity contribution in [3.05, 3.63) is 29.3 Å². The molecular weight excluding hydrogens is 245 g/mol. The lowest BCUT2D eigenvalue weighted by molar-refractivity contribution is -0.274. The first kappa shape index (κ1) is 12.9. The van der Waals surface area contributed by atoms with Crippen molar-refractivity contribution in [3.63, 3.8) is 0 Å². The summed E-state index contributed by atoms with van der Waals surface area (Å²) in [7, 11) is 0. The number of aryl methyl sites for hydroxylation is 1. The van der Waals surface area contributed by atoms with E-state index in [4.69, 9.17) is 0 Å². The zero-order valence-electron chi connectivity index (χ0n) is 10.1. The largest absolute Gasteiger partial charge is 0.573 e. The normalized spacial score (nSPS) is 18.4. The third kappa shape index (κ3) is 2.35. The van der Waals surface area contributed by atoms with E-state index in [1.54, 1.807) is 19.9 Å². The van der Waals surface area contributed by atoms with Crippen LogP contribution in [0.2, 0.25) is 0 Å². The van der Waals surface area contributed by atoms with Crippen LogP contribution in [0.15, 0.2) is 18.2 Å². The molecule has 0 bridgehead atoms. The average Bonchev–Trinajstić information content (AvgIpc) is 2.21. The molecule has 0 fully saturated rings. The molecule has 5 heteroatoms. The van der Waals surface area contributed by atoms with Gasteiger partial charge < -0.3 is 4.74 Å². The van der Waals surface area contributed by atoms with Crippen LogP contribution in [-0.2, 0) is 16.6 Å². The lowest BCUT2D eigenvalue weighted by Gasteiger charge is -2.31. The molecule has 0 saturated carbocycles. The van der Waals surface area contributed by atoms with Crippen molar-refractivity contribution in [1.82, 2.24) is 0 Å². The van der Waals surface area contributed by atoms with Gasteiger partial charge in [-0.25, -0.2) is 0 Å². The minimum atomic E-state index is -4.69. The number of carbonyl (C=O) groups is 1. The second kappa shape index (κ2) is 4.00. The molecule has 18 heavy (non-hydrogen) atoms. The van der Waals surface area contributed by atoms with Crippen molar-refractivity contribution in [2.45, 2.75) is 38.5 Å². The second-order valence-corrected chi connectivity index (χ2v) is 4.91. The molecule has 1 aromatic rings. The number of ether oxygens (including phenoxy) is 1. The first-order valence-electron chi connectivity index (χ1n) is 5.62. The third-order valence-corrected chi connectivity index (χ3v) is 3.30. The summed E-state index contributed by atoms with van der Waals surface area (Å²) in [6, 6.07) is 4.18. The number of ketones is 1. The first-order chi connectivity index (χ1) is 8.20. The van der Waals surface area contributed by atoms with Crippen molar-refractivity contribution in [1.29, 1.82) is 0 Å². The van der Waals surface area contributed by atoms with Crippen molar-refractivity contribution in [3.8, 4) is 5.75 Å². The van der Waals surface area contributed by atoms with Crippen molar-refractivity contribution in [2.75, 3.05) is 0 Å². The average molecular weight is 258 g/mol. The molecule has 2 rings (SSSR count). The number of benzene rings is 1. The lowest BCUT2D eigenvalue weighted by Crippen LogP contribution is -2.34. The summed E-state index contributed by atoms with van der Waals surface area (Å²) in [5.74, 6) is -0.120. The Morgan fingerprint density at radius 2 is 1.89 bits per heavy atom. The standard InChI is InChI=1S/C13H13F3O2/c1-12(2)10-5-4-9(18-13(14,15)16)7-8(10)3-6-11(12)17/h4-5,7H,3,6H2,1-2H3. The zero-order chi connectivity index (χ0) is 13.6. The van der Waals surface area contributed by atoms with Crippen LogP contribution in [0.1, 0.15) is 31.4 Å². The van der Waals surface area contributed by atoms with Crippen LogP contribution in [0.4, 0.5) is 13.2 Å². The van der Waals surface area contributed by atoms with Crippen molar-refractivity contribution in [2.24, 2.45) is 0 Å². The van der Waals surface area contributed by atoms with Gasteiger partial charge in [0.1, 0.15) is 11.5 Å². The van der Waals surface area contributed by atoms with Crippen LogP contribution in [0.25, 0.3) is 0 Å². The van der Waals surface area contributed by atoms with Crippen LogP contribution < -0.4 is 4.74 Å². The van der Waals surface area contributed by atoms with Crippen LogP contribution in [-0.4, -0.2) is 12.1 Å². The van der Waals surface area contributed by atoms with Gasteiger partial charge in [-0.05, 0) is 43.5 Å². The van der Waals surface area contributed by atoms with E-state index in [9.17, 15) is 18.0 Å². The smallest absolute Gasteiger partial charge is 0.406 e.